The number of aliphatic hydroxyl groups is 1. The van der Waals surface area contributed by atoms with Crippen molar-refractivity contribution in [3.8, 4) is 0 Å². The molecule has 0 aliphatic rings. The van der Waals surface area contributed by atoms with Gasteiger partial charge in [0.2, 0.25) is 5.91 Å². The van der Waals surface area contributed by atoms with Crippen molar-refractivity contribution in [1.82, 2.24) is 15.1 Å². The van der Waals surface area contributed by atoms with Gasteiger partial charge in [0.25, 0.3) is 0 Å². The smallest absolute Gasteiger partial charge is 0.389 e. The van der Waals surface area contributed by atoms with Crippen molar-refractivity contribution in [2.45, 2.75) is 19.0 Å². The summed E-state index contributed by atoms with van der Waals surface area (Å²) in [6.07, 6.45) is 1.11. The Kier molecular flexibility index (Phi) is 4.94. The van der Waals surface area contributed by atoms with E-state index >= 15 is 0 Å². The van der Waals surface area contributed by atoms with Gasteiger partial charge in [-0.05, 0) is 4.92 Å². The molecule has 0 fully saturated rings. The summed E-state index contributed by atoms with van der Waals surface area (Å²) in [7, 11) is 0. The van der Waals surface area contributed by atoms with Crippen LogP contribution in [0.25, 0.3) is 0 Å². The Morgan fingerprint density at radius 1 is 1.58 bits per heavy atom. The first kappa shape index (κ1) is 14.6. The van der Waals surface area contributed by atoms with Gasteiger partial charge in [0.15, 0.2) is 0 Å². The van der Waals surface area contributed by atoms with Gasteiger partial charge in [0, 0.05) is 13.0 Å². The molecule has 0 aliphatic carbocycles. The molecule has 0 bridgehead atoms. The largest absolute Gasteiger partial charge is 0.480 e. The molecule has 0 unspecified atom stereocenters. The second-order valence-corrected chi connectivity index (χ2v) is 3.60. The van der Waals surface area contributed by atoms with Gasteiger partial charge in [0.1, 0.15) is 12.6 Å². The molecule has 0 aromatic carbocycles. The van der Waals surface area contributed by atoms with Gasteiger partial charge in [-0.15, -0.1) is 0 Å². The van der Waals surface area contributed by atoms with Crippen LogP contribution in [0.2, 0.25) is 0 Å². The minimum atomic E-state index is -1.27. The average Bonchev–Trinajstić information content (AvgIpc) is 2.76. The van der Waals surface area contributed by atoms with Crippen LogP contribution < -0.4 is 5.32 Å². The van der Waals surface area contributed by atoms with Crippen molar-refractivity contribution in [2.75, 3.05) is 6.61 Å². The molecule has 1 aromatic heterocycles. The highest BCUT2D eigenvalue weighted by Gasteiger charge is 2.20. The van der Waals surface area contributed by atoms with Gasteiger partial charge in [-0.25, -0.2) is 4.79 Å². The summed E-state index contributed by atoms with van der Waals surface area (Å²) < 4.78 is 1.02. The van der Waals surface area contributed by atoms with Crippen LogP contribution >= 0.6 is 0 Å². The number of hydrogen-bond donors (Lipinski definition) is 3. The molecule has 1 heterocycles. The van der Waals surface area contributed by atoms with Crippen LogP contribution in [0.5, 0.6) is 0 Å². The number of aromatic nitrogens is 2. The highest BCUT2D eigenvalue weighted by atomic mass is 16.6. The quantitative estimate of drug-likeness (QED) is 0.414. The van der Waals surface area contributed by atoms with E-state index in [-0.39, 0.29) is 19.6 Å². The predicted molar refractivity (Wildman–Crippen MR) is 60.2 cm³/mol. The number of amides is 1. The van der Waals surface area contributed by atoms with Crippen molar-refractivity contribution in [1.29, 1.82) is 0 Å². The van der Waals surface area contributed by atoms with Gasteiger partial charge in [-0.3, -0.25) is 4.79 Å². The molecular weight excluding hydrogens is 260 g/mol. The first-order valence-corrected chi connectivity index (χ1v) is 5.25. The van der Waals surface area contributed by atoms with Crippen molar-refractivity contribution < 1.29 is 24.7 Å². The molecule has 19 heavy (non-hydrogen) atoms. The lowest BCUT2D eigenvalue weighted by atomic mass is 10.2. The fraction of sp³-hybridized carbons (Fsp3) is 0.444. The molecule has 104 valence electrons. The Morgan fingerprint density at radius 2 is 2.26 bits per heavy atom. The van der Waals surface area contributed by atoms with Gasteiger partial charge < -0.3 is 25.6 Å². The lowest BCUT2D eigenvalue weighted by molar-refractivity contribution is -0.389. The maximum absolute atomic E-state index is 11.5. The lowest BCUT2D eigenvalue weighted by Gasteiger charge is -2.12. The first-order valence-electron chi connectivity index (χ1n) is 5.25. The zero-order valence-corrected chi connectivity index (χ0v) is 9.72. The molecule has 10 heteroatoms. The van der Waals surface area contributed by atoms with Crippen LogP contribution in [0.4, 0.5) is 5.82 Å². The fourth-order valence-corrected chi connectivity index (χ4v) is 1.31. The zero-order chi connectivity index (χ0) is 14.4. The Hall–Kier alpha value is -2.49. The standard InChI is InChI=1S/C9H12N4O6/c14-4-2-6(9(16)17)10-8(15)5-12-3-1-7(11-12)13(18)19/h1,3,6,14H,2,4-5H2,(H,10,15)(H,16,17)/t6-/m0/s1. The minimum absolute atomic E-state index is 0.125. The monoisotopic (exact) mass is 272 g/mol. The molecule has 1 atom stereocenters. The van der Waals surface area contributed by atoms with E-state index < -0.39 is 28.7 Å². The summed E-state index contributed by atoms with van der Waals surface area (Å²) >= 11 is 0. The van der Waals surface area contributed by atoms with E-state index in [9.17, 15) is 19.7 Å². The number of rotatable bonds is 7. The third-order valence-corrected chi connectivity index (χ3v) is 2.17. The maximum atomic E-state index is 11.5. The van der Waals surface area contributed by atoms with Crippen LogP contribution in [0.1, 0.15) is 6.42 Å². The number of carboxylic acid groups (broad SMARTS) is 1. The highest BCUT2D eigenvalue weighted by Crippen LogP contribution is 2.04. The van der Waals surface area contributed by atoms with E-state index in [0.29, 0.717) is 0 Å². The number of nitro groups is 1. The summed E-state index contributed by atoms with van der Waals surface area (Å²) in [5, 5.41) is 33.5. The molecule has 10 nitrogen and oxygen atoms in total. The van der Waals surface area contributed by atoms with Gasteiger partial charge in [-0.1, -0.05) is 0 Å². The van der Waals surface area contributed by atoms with Crippen molar-refractivity contribution in [2.24, 2.45) is 0 Å². The normalized spacial score (nSPS) is 11.8. The molecule has 0 aliphatic heterocycles. The van der Waals surface area contributed by atoms with Crippen molar-refractivity contribution >= 4 is 17.7 Å². The average molecular weight is 272 g/mol. The summed E-state index contributed by atoms with van der Waals surface area (Å²) in [4.78, 5) is 31.9. The number of nitrogens with one attached hydrogen (secondary N) is 1. The van der Waals surface area contributed by atoms with Crippen LogP contribution in [-0.4, -0.2) is 49.4 Å². The third kappa shape index (κ3) is 4.35. The summed E-state index contributed by atoms with van der Waals surface area (Å²) in [6, 6.07) is -0.0848. The second-order valence-electron chi connectivity index (χ2n) is 3.60. The zero-order valence-electron chi connectivity index (χ0n) is 9.72. The first-order chi connectivity index (χ1) is 8.93. The van der Waals surface area contributed by atoms with E-state index in [4.69, 9.17) is 10.2 Å². The number of aliphatic hydroxyl groups excluding tert-OH is 1. The van der Waals surface area contributed by atoms with E-state index in [1.807, 2.05) is 0 Å². The highest BCUT2D eigenvalue weighted by molar-refractivity contribution is 5.83. The molecule has 3 N–H and O–H groups in total. The van der Waals surface area contributed by atoms with E-state index in [0.717, 1.165) is 10.7 Å². The van der Waals surface area contributed by atoms with Crippen molar-refractivity contribution in [3.05, 3.63) is 22.4 Å². The van der Waals surface area contributed by atoms with Crippen LogP contribution in [0, 0.1) is 10.1 Å². The Labute approximate surface area is 106 Å². The molecule has 0 saturated heterocycles. The fourth-order valence-electron chi connectivity index (χ4n) is 1.31. The minimum Gasteiger partial charge on any atom is -0.480 e. The van der Waals surface area contributed by atoms with Gasteiger partial charge in [0.05, 0.1) is 17.4 Å². The number of carbonyl (C=O) groups excluding carboxylic acids is 1. The number of hydrogen-bond acceptors (Lipinski definition) is 6. The summed E-state index contributed by atoms with van der Waals surface area (Å²) in [5.74, 6) is -2.34. The Bertz CT molecular complexity index is 485. The van der Waals surface area contributed by atoms with Gasteiger partial charge in [-0.2, -0.15) is 4.68 Å². The molecule has 1 aromatic rings. The summed E-state index contributed by atoms with van der Waals surface area (Å²) in [5.41, 5.74) is 0. The van der Waals surface area contributed by atoms with E-state index in [1.54, 1.807) is 0 Å². The number of carbonyl (C=O) groups is 2. The molecule has 1 amide bonds. The molecule has 0 saturated carbocycles. The second kappa shape index (κ2) is 6.44. The Morgan fingerprint density at radius 3 is 2.74 bits per heavy atom. The van der Waals surface area contributed by atoms with Crippen LogP contribution in [0.3, 0.4) is 0 Å². The lowest BCUT2D eigenvalue weighted by Crippen LogP contribution is -2.42. The summed E-state index contributed by atoms with van der Waals surface area (Å²) in [6.45, 7) is -0.729. The molecule has 1 rings (SSSR count). The number of nitrogens with zero attached hydrogens (tertiary/aromatic N) is 3. The number of carboxylic acids is 1. The molecule has 0 spiro atoms. The SMILES string of the molecule is O=C(Cn1ccc([N+](=O)[O-])n1)N[C@@H](CCO)C(=O)O. The topological polar surface area (TPSA) is 148 Å². The van der Waals surface area contributed by atoms with Crippen molar-refractivity contribution in [3.63, 3.8) is 0 Å². The predicted octanol–water partition coefficient (Wildman–Crippen LogP) is -1.26. The van der Waals surface area contributed by atoms with Crippen LogP contribution in [-0.2, 0) is 16.1 Å². The van der Waals surface area contributed by atoms with E-state index in [1.165, 1.54) is 6.20 Å². The molecular formula is C9H12N4O6. The number of aliphatic carboxylic acids is 1. The maximum Gasteiger partial charge on any atom is 0.389 e. The Balaban J connectivity index is 2.58. The van der Waals surface area contributed by atoms with Crippen LogP contribution in [0.15, 0.2) is 12.3 Å². The third-order valence-electron chi connectivity index (χ3n) is 2.17. The van der Waals surface area contributed by atoms with Gasteiger partial charge >= 0.3 is 11.8 Å². The molecule has 0 radical (unpaired) electrons. The van der Waals surface area contributed by atoms with E-state index in [2.05, 4.69) is 10.4 Å².